The van der Waals surface area contributed by atoms with Crippen molar-refractivity contribution in [3.63, 3.8) is 0 Å². The summed E-state index contributed by atoms with van der Waals surface area (Å²) in [4.78, 5) is 27.6. The summed E-state index contributed by atoms with van der Waals surface area (Å²) >= 11 is 0. The van der Waals surface area contributed by atoms with Crippen LogP contribution in [-0.2, 0) is 14.3 Å². The second kappa shape index (κ2) is 11.7. The molecule has 12 heteroatoms. The van der Waals surface area contributed by atoms with Crippen LogP contribution in [0.5, 0.6) is 11.5 Å². The lowest BCUT2D eigenvalue weighted by atomic mass is 9.97. The highest BCUT2D eigenvalue weighted by molar-refractivity contribution is 5.93. The zero-order valence-corrected chi connectivity index (χ0v) is 22.6. The zero-order chi connectivity index (χ0) is 28.4. The molecule has 3 aromatic rings. The van der Waals surface area contributed by atoms with Gasteiger partial charge in [0.1, 0.15) is 11.6 Å². The van der Waals surface area contributed by atoms with E-state index in [1.807, 2.05) is 11.8 Å². The van der Waals surface area contributed by atoms with Gasteiger partial charge in [-0.2, -0.15) is 0 Å². The number of morpholine rings is 1. The molecule has 5 rings (SSSR count). The van der Waals surface area contributed by atoms with Crippen LogP contribution in [0.2, 0.25) is 0 Å². The third-order valence-electron chi connectivity index (χ3n) is 7.12. The maximum atomic E-state index is 15.4. The number of hydrogen-bond donors (Lipinski definition) is 1. The van der Waals surface area contributed by atoms with Crippen molar-refractivity contribution in [3.8, 4) is 22.9 Å². The minimum Gasteiger partial charge on any atom is -0.494 e. The Labute approximate surface area is 230 Å². The normalized spacial score (nSPS) is 20.9. The summed E-state index contributed by atoms with van der Waals surface area (Å²) in [6.07, 6.45) is 3.09. The first-order valence-electron chi connectivity index (χ1n) is 13.0. The third-order valence-corrected chi connectivity index (χ3v) is 7.12. The SMILES string of the molecule is C=CC(=O)C[C@H]1COC[C@H]1Nc1cc2c(N3CCOC(C)C3)nc(-c3c(F)c(OC)cc(OC)c3F)nc2cn1. The van der Waals surface area contributed by atoms with Crippen LogP contribution in [0.25, 0.3) is 22.3 Å². The van der Waals surface area contributed by atoms with Crippen molar-refractivity contribution < 1.29 is 32.5 Å². The lowest BCUT2D eigenvalue weighted by Gasteiger charge is -2.33. The Morgan fingerprint density at radius 3 is 2.62 bits per heavy atom. The number of allylic oxidation sites excluding steroid dienone is 1. The summed E-state index contributed by atoms with van der Waals surface area (Å²) in [6, 6.07) is 2.81. The molecule has 0 radical (unpaired) electrons. The predicted octanol–water partition coefficient (Wildman–Crippen LogP) is 3.78. The molecule has 1 aromatic carbocycles. The number of fused-ring (bicyclic) bond motifs is 1. The fourth-order valence-corrected chi connectivity index (χ4v) is 5.03. The number of halogens is 2. The fourth-order valence-electron chi connectivity index (χ4n) is 5.03. The Hall–Kier alpha value is -3.90. The topological polar surface area (TPSA) is 108 Å². The van der Waals surface area contributed by atoms with E-state index in [1.54, 1.807) is 6.07 Å². The number of nitrogens with one attached hydrogen (secondary N) is 1. The number of ketones is 1. The van der Waals surface area contributed by atoms with Crippen LogP contribution in [-0.4, -0.2) is 80.0 Å². The van der Waals surface area contributed by atoms with E-state index < -0.39 is 17.2 Å². The van der Waals surface area contributed by atoms with E-state index in [2.05, 4.69) is 26.8 Å². The highest BCUT2D eigenvalue weighted by atomic mass is 19.1. The molecule has 0 spiro atoms. The molecule has 0 bridgehead atoms. The molecule has 3 atom stereocenters. The van der Waals surface area contributed by atoms with E-state index in [-0.39, 0.29) is 41.2 Å². The summed E-state index contributed by atoms with van der Waals surface area (Å²) < 4.78 is 52.4. The molecule has 1 N–H and O–H groups in total. The second-order valence-electron chi connectivity index (χ2n) is 9.79. The van der Waals surface area contributed by atoms with Gasteiger partial charge >= 0.3 is 0 Å². The quantitative estimate of drug-likeness (QED) is 0.392. The molecule has 2 fully saturated rings. The highest BCUT2D eigenvalue weighted by Gasteiger charge is 2.31. The van der Waals surface area contributed by atoms with Gasteiger partial charge in [0.25, 0.3) is 0 Å². The summed E-state index contributed by atoms with van der Waals surface area (Å²) in [5.74, 6) is -1.48. The number of methoxy groups -OCH3 is 2. The van der Waals surface area contributed by atoms with Crippen molar-refractivity contribution >= 4 is 28.3 Å². The minimum atomic E-state index is -0.936. The number of pyridine rings is 1. The van der Waals surface area contributed by atoms with E-state index in [0.717, 1.165) is 6.07 Å². The van der Waals surface area contributed by atoms with Gasteiger partial charge in [-0.15, -0.1) is 0 Å². The first kappa shape index (κ1) is 27.7. The van der Waals surface area contributed by atoms with Gasteiger partial charge < -0.3 is 29.2 Å². The van der Waals surface area contributed by atoms with Gasteiger partial charge in [0.15, 0.2) is 34.7 Å². The van der Waals surface area contributed by atoms with Crippen LogP contribution in [0.15, 0.2) is 31.0 Å². The van der Waals surface area contributed by atoms with Gasteiger partial charge in [-0.05, 0) is 19.1 Å². The molecule has 212 valence electrons. The molecule has 1 unspecified atom stereocenters. The monoisotopic (exact) mass is 555 g/mol. The van der Waals surface area contributed by atoms with Crippen molar-refractivity contribution in [2.75, 3.05) is 57.3 Å². The molecule has 4 heterocycles. The highest BCUT2D eigenvalue weighted by Crippen LogP contribution is 2.38. The summed E-state index contributed by atoms with van der Waals surface area (Å²) in [5.41, 5.74) is -0.0629. The number of carbonyl (C=O) groups is 1. The van der Waals surface area contributed by atoms with Gasteiger partial charge in [-0.3, -0.25) is 4.79 Å². The average molecular weight is 556 g/mol. The minimum absolute atomic E-state index is 0.0322. The van der Waals surface area contributed by atoms with Crippen LogP contribution >= 0.6 is 0 Å². The van der Waals surface area contributed by atoms with E-state index in [0.29, 0.717) is 61.9 Å². The van der Waals surface area contributed by atoms with Gasteiger partial charge in [-0.1, -0.05) is 6.58 Å². The Balaban J connectivity index is 1.60. The standard InChI is InChI=1S/C28H31F2N5O5/c1-5-17(36)8-16-13-39-14-20(16)32-23-9-18-19(11-31-23)33-27(34-28(18)35-6-7-40-15(2)12-35)24-25(29)21(37-3)10-22(38-4)26(24)30/h5,9-11,15-16,20H,1,6-8,12-14H2,2-4H3,(H,31,32)/t15?,16-,20+/m0/s1. The fraction of sp³-hybridized carbons (Fsp3) is 0.429. The number of anilines is 2. The number of benzene rings is 1. The van der Waals surface area contributed by atoms with E-state index >= 15 is 8.78 Å². The maximum absolute atomic E-state index is 15.4. The first-order chi connectivity index (χ1) is 19.3. The van der Waals surface area contributed by atoms with Crippen LogP contribution in [0.4, 0.5) is 20.4 Å². The Bertz CT molecular complexity index is 1410. The largest absolute Gasteiger partial charge is 0.494 e. The van der Waals surface area contributed by atoms with Gasteiger partial charge in [-0.25, -0.2) is 23.7 Å². The molecule has 2 aliphatic heterocycles. The van der Waals surface area contributed by atoms with Crippen molar-refractivity contribution in [1.82, 2.24) is 15.0 Å². The number of hydrogen-bond acceptors (Lipinski definition) is 10. The summed E-state index contributed by atoms with van der Waals surface area (Å²) in [5, 5.41) is 4.01. The number of rotatable bonds is 9. The molecular formula is C28H31F2N5O5. The van der Waals surface area contributed by atoms with Gasteiger partial charge in [0.2, 0.25) is 0 Å². The zero-order valence-electron chi connectivity index (χ0n) is 22.6. The van der Waals surface area contributed by atoms with Crippen LogP contribution in [0.3, 0.4) is 0 Å². The Kier molecular flexibility index (Phi) is 8.08. The van der Waals surface area contributed by atoms with Gasteiger partial charge in [0.05, 0.1) is 63.5 Å². The molecule has 0 aliphatic carbocycles. The molecule has 2 aromatic heterocycles. The molecule has 40 heavy (non-hydrogen) atoms. The van der Waals surface area contributed by atoms with Crippen molar-refractivity contribution in [3.05, 3.63) is 42.6 Å². The smallest absolute Gasteiger partial charge is 0.179 e. The first-order valence-corrected chi connectivity index (χ1v) is 13.0. The average Bonchev–Trinajstić information content (AvgIpc) is 3.38. The number of aromatic nitrogens is 3. The molecule has 0 saturated carbocycles. The maximum Gasteiger partial charge on any atom is 0.179 e. The third kappa shape index (κ3) is 5.41. The van der Waals surface area contributed by atoms with E-state index in [9.17, 15) is 4.79 Å². The number of carbonyl (C=O) groups excluding carboxylic acids is 1. The van der Waals surface area contributed by atoms with E-state index in [1.165, 1.54) is 26.5 Å². The molecule has 2 saturated heterocycles. The molecule has 2 aliphatic rings. The number of ether oxygens (including phenoxy) is 4. The second-order valence-corrected chi connectivity index (χ2v) is 9.79. The van der Waals surface area contributed by atoms with Crippen LogP contribution in [0.1, 0.15) is 13.3 Å². The van der Waals surface area contributed by atoms with Crippen molar-refractivity contribution in [2.24, 2.45) is 5.92 Å². The Morgan fingerprint density at radius 2 is 1.95 bits per heavy atom. The summed E-state index contributed by atoms with van der Waals surface area (Å²) in [7, 11) is 2.57. The number of nitrogens with zero attached hydrogens (tertiary/aromatic N) is 4. The van der Waals surface area contributed by atoms with Crippen molar-refractivity contribution in [1.29, 1.82) is 0 Å². The van der Waals surface area contributed by atoms with Crippen molar-refractivity contribution in [2.45, 2.75) is 25.5 Å². The predicted molar refractivity (Wildman–Crippen MR) is 145 cm³/mol. The van der Waals surface area contributed by atoms with E-state index in [4.69, 9.17) is 18.9 Å². The molecular weight excluding hydrogens is 524 g/mol. The Morgan fingerprint density at radius 1 is 1.20 bits per heavy atom. The lowest BCUT2D eigenvalue weighted by molar-refractivity contribution is -0.115. The van der Waals surface area contributed by atoms with Crippen LogP contribution < -0.4 is 19.7 Å². The molecule has 10 nitrogen and oxygen atoms in total. The summed E-state index contributed by atoms with van der Waals surface area (Å²) in [6.45, 7) is 7.88. The van der Waals surface area contributed by atoms with Crippen LogP contribution in [0, 0.1) is 17.6 Å². The molecule has 0 amide bonds. The van der Waals surface area contributed by atoms with Gasteiger partial charge in [0, 0.05) is 36.9 Å². The lowest BCUT2D eigenvalue weighted by Crippen LogP contribution is -2.41.